The van der Waals surface area contributed by atoms with Gasteiger partial charge in [-0.3, -0.25) is 10.1 Å². The molecular formula is C12H17FN4O3. The molecule has 1 rings (SSSR count). The standard InChI is InChI=1S/C12H17FN4O3/c1-16(2)12(18)15-4-3-14-8-9-5-10(13)7-11(6-9)17(19)20/h5-7,14H,3-4,8H2,1-2H3,(H,15,18). The van der Waals surface area contributed by atoms with Gasteiger partial charge in [0.1, 0.15) is 5.82 Å². The fourth-order valence-corrected chi connectivity index (χ4v) is 1.49. The lowest BCUT2D eigenvalue weighted by Gasteiger charge is -2.12. The van der Waals surface area contributed by atoms with Gasteiger partial charge >= 0.3 is 6.03 Å². The number of urea groups is 1. The first kappa shape index (κ1) is 15.8. The Hall–Kier alpha value is -2.22. The highest BCUT2D eigenvalue weighted by Crippen LogP contribution is 2.15. The summed E-state index contributed by atoms with van der Waals surface area (Å²) in [4.78, 5) is 22.6. The molecule has 0 aromatic heterocycles. The minimum atomic E-state index is -0.642. The largest absolute Gasteiger partial charge is 0.337 e. The van der Waals surface area contributed by atoms with Gasteiger partial charge in [0, 0.05) is 39.8 Å². The number of carbonyl (C=O) groups excluding carboxylic acids is 1. The summed E-state index contributed by atoms with van der Waals surface area (Å²) >= 11 is 0. The van der Waals surface area contributed by atoms with Crippen LogP contribution in [0.4, 0.5) is 14.9 Å². The molecule has 8 heteroatoms. The number of non-ortho nitro benzene ring substituents is 1. The Morgan fingerprint density at radius 3 is 2.65 bits per heavy atom. The Balaban J connectivity index is 2.39. The van der Waals surface area contributed by atoms with E-state index in [4.69, 9.17) is 0 Å². The third kappa shape index (κ3) is 5.19. The molecule has 7 nitrogen and oxygen atoms in total. The Morgan fingerprint density at radius 2 is 2.05 bits per heavy atom. The Bertz CT molecular complexity index is 494. The Morgan fingerprint density at radius 1 is 1.35 bits per heavy atom. The van der Waals surface area contributed by atoms with Crippen molar-refractivity contribution in [2.75, 3.05) is 27.2 Å². The number of nitro groups is 1. The topological polar surface area (TPSA) is 87.5 Å². The monoisotopic (exact) mass is 284 g/mol. The van der Waals surface area contributed by atoms with Crippen molar-refractivity contribution in [1.29, 1.82) is 0 Å². The van der Waals surface area contributed by atoms with E-state index in [0.29, 0.717) is 18.7 Å². The summed E-state index contributed by atoms with van der Waals surface area (Å²) in [5.41, 5.74) is 0.207. The van der Waals surface area contributed by atoms with Crippen molar-refractivity contribution >= 4 is 11.7 Å². The van der Waals surface area contributed by atoms with Crippen LogP contribution in [-0.2, 0) is 6.54 Å². The first-order chi connectivity index (χ1) is 9.40. The van der Waals surface area contributed by atoms with Crippen LogP contribution in [-0.4, -0.2) is 43.0 Å². The van der Waals surface area contributed by atoms with E-state index in [9.17, 15) is 19.3 Å². The van der Waals surface area contributed by atoms with E-state index in [0.717, 1.165) is 6.07 Å². The normalized spacial score (nSPS) is 10.2. The first-order valence-corrected chi connectivity index (χ1v) is 6.00. The molecule has 20 heavy (non-hydrogen) atoms. The van der Waals surface area contributed by atoms with Crippen LogP contribution in [0, 0.1) is 15.9 Å². The summed E-state index contributed by atoms with van der Waals surface area (Å²) < 4.78 is 13.2. The number of amides is 2. The molecule has 0 heterocycles. The van der Waals surface area contributed by atoms with Gasteiger partial charge in [-0.05, 0) is 11.6 Å². The first-order valence-electron chi connectivity index (χ1n) is 6.00. The summed E-state index contributed by atoms with van der Waals surface area (Å²) in [5.74, 6) is -0.642. The maximum absolute atomic E-state index is 13.2. The van der Waals surface area contributed by atoms with E-state index in [2.05, 4.69) is 10.6 Å². The molecule has 1 aromatic carbocycles. The van der Waals surface area contributed by atoms with Crippen LogP contribution in [0.3, 0.4) is 0 Å². The van der Waals surface area contributed by atoms with Gasteiger partial charge in [-0.1, -0.05) is 0 Å². The fraction of sp³-hybridized carbons (Fsp3) is 0.417. The van der Waals surface area contributed by atoms with E-state index in [1.807, 2.05) is 0 Å². The number of nitrogens with one attached hydrogen (secondary N) is 2. The number of hydrogen-bond donors (Lipinski definition) is 2. The number of nitrogens with zero attached hydrogens (tertiary/aromatic N) is 2. The number of nitro benzene ring substituents is 1. The second-order valence-corrected chi connectivity index (χ2v) is 4.38. The lowest BCUT2D eigenvalue weighted by Crippen LogP contribution is -2.38. The van der Waals surface area contributed by atoms with Crippen LogP contribution in [0.2, 0.25) is 0 Å². The summed E-state index contributed by atoms with van der Waals surface area (Å²) in [7, 11) is 3.27. The third-order valence-electron chi connectivity index (χ3n) is 2.47. The molecule has 0 aliphatic heterocycles. The smallest absolute Gasteiger partial charge is 0.316 e. The molecule has 0 radical (unpaired) electrons. The van der Waals surface area contributed by atoms with Gasteiger partial charge in [-0.2, -0.15) is 0 Å². The number of hydrogen-bond acceptors (Lipinski definition) is 4. The summed E-state index contributed by atoms with van der Waals surface area (Å²) in [6, 6.07) is 3.22. The molecule has 0 aliphatic carbocycles. The zero-order chi connectivity index (χ0) is 15.1. The summed E-state index contributed by atoms with van der Waals surface area (Å²) in [5, 5.41) is 16.2. The molecule has 0 unspecified atom stereocenters. The van der Waals surface area contributed by atoms with Gasteiger partial charge in [0.2, 0.25) is 0 Å². The van der Waals surface area contributed by atoms with Gasteiger partial charge in [0.15, 0.2) is 0 Å². The summed E-state index contributed by atoms with van der Waals surface area (Å²) in [6.07, 6.45) is 0. The van der Waals surface area contributed by atoms with Gasteiger partial charge < -0.3 is 15.5 Å². The van der Waals surface area contributed by atoms with E-state index in [1.54, 1.807) is 14.1 Å². The van der Waals surface area contributed by atoms with Gasteiger partial charge in [0.25, 0.3) is 5.69 Å². The lowest BCUT2D eigenvalue weighted by atomic mass is 10.2. The molecule has 0 saturated heterocycles. The lowest BCUT2D eigenvalue weighted by molar-refractivity contribution is -0.385. The predicted molar refractivity (Wildman–Crippen MR) is 71.8 cm³/mol. The van der Waals surface area contributed by atoms with Crippen molar-refractivity contribution in [3.63, 3.8) is 0 Å². The molecule has 0 saturated carbocycles. The van der Waals surface area contributed by atoms with Gasteiger partial charge in [-0.25, -0.2) is 9.18 Å². The Labute approximate surface area is 115 Å². The molecule has 2 N–H and O–H groups in total. The van der Waals surface area contributed by atoms with Crippen LogP contribution in [0.5, 0.6) is 0 Å². The minimum absolute atomic E-state index is 0.201. The molecule has 2 amide bonds. The number of halogens is 1. The molecule has 1 aromatic rings. The van der Waals surface area contributed by atoms with Crippen molar-refractivity contribution in [1.82, 2.24) is 15.5 Å². The molecule has 0 aliphatic rings. The molecule has 0 fully saturated rings. The quantitative estimate of drug-likeness (QED) is 0.465. The number of carbonyl (C=O) groups is 1. The van der Waals surface area contributed by atoms with E-state index < -0.39 is 10.7 Å². The minimum Gasteiger partial charge on any atom is -0.337 e. The van der Waals surface area contributed by atoms with Crippen molar-refractivity contribution in [2.45, 2.75) is 6.54 Å². The maximum atomic E-state index is 13.2. The second kappa shape index (κ2) is 7.39. The highest BCUT2D eigenvalue weighted by atomic mass is 19.1. The SMILES string of the molecule is CN(C)C(=O)NCCNCc1cc(F)cc([N+](=O)[O-])c1. The maximum Gasteiger partial charge on any atom is 0.316 e. The molecule has 110 valence electrons. The zero-order valence-electron chi connectivity index (χ0n) is 11.4. The second-order valence-electron chi connectivity index (χ2n) is 4.38. The fourth-order valence-electron chi connectivity index (χ4n) is 1.49. The van der Waals surface area contributed by atoms with E-state index in [1.165, 1.54) is 17.0 Å². The van der Waals surface area contributed by atoms with Crippen LogP contribution < -0.4 is 10.6 Å². The summed E-state index contributed by atoms with van der Waals surface area (Å²) in [6.45, 7) is 1.18. The van der Waals surface area contributed by atoms with E-state index in [-0.39, 0.29) is 18.3 Å². The molecular weight excluding hydrogens is 267 g/mol. The molecule has 0 atom stereocenters. The average molecular weight is 284 g/mol. The number of benzene rings is 1. The van der Waals surface area contributed by atoms with Crippen molar-refractivity contribution in [2.24, 2.45) is 0 Å². The van der Waals surface area contributed by atoms with Crippen molar-refractivity contribution < 1.29 is 14.1 Å². The van der Waals surface area contributed by atoms with Crippen molar-refractivity contribution in [3.8, 4) is 0 Å². The Kier molecular flexibility index (Phi) is 5.85. The van der Waals surface area contributed by atoms with E-state index >= 15 is 0 Å². The van der Waals surface area contributed by atoms with Crippen LogP contribution in [0.1, 0.15) is 5.56 Å². The number of rotatable bonds is 6. The molecule has 0 bridgehead atoms. The third-order valence-corrected chi connectivity index (χ3v) is 2.47. The average Bonchev–Trinajstić information content (AvgIpc) is 2.37. The van der Waals surface area contributed by atoms with Gasteiger partial charge in [0.05, 0.1) is 11.0 Å². The highest BCUT2D eigenvalue weighted by molar-refractivity contribution is 5.73. The predicted octanol–water partition coefficient (Wildman–Crippen LogP) is 1.09. The molecule has 0 spiro atoms. The van der Waals surface area contributed by atoms with Crippen LogP contribution >= 0.6 is 0 Å². The van der Waals surface area contributed by atoms with Crippen molar-refractivity contribution in [3.05, 3.63) is 39.7 Å². The highest BCUT2D eigenvalue weighted by Gasteiger charge is 2.09. The van der Waals surface area contributed by atoms with Crippen LogP contribution in [0.15, 0.2) is 18.2 Å². The van der Waals surface area contributed by atoms with Crippen LogP contribution in [0.25, 0.3) is 0 Å². The van der Waals surface area contributed by atoms with Gasteiger partial charge in [-0.15, -0.1) is 0 Å². The zero-order valence-corrected chi connectivity index (χ0v) is 11.4.